The van der Waals surface area contributed by atoms with Gasteiger partial charge in [-0.1, -0.05) is 11.6 Å². The number of nitro groups is 1. The zero-order valence-corrected chi connectivity index (χ0v) is 12.4. The monoisotopic (exact) mass is 331 g/mol. The molecule has 0 bridgehead atoms. The number of nitrogens with two attached hydrogens (primary N) is 1. The second-order valence-electron chi connectivity index (χ2n) is 4.78. The van der Waals surface area contributed by atoms with Gasteiger partial charge in [0.25, 0.3) is 0 Å². The van der Waals surface area contributed by atoms with Gasteiger partial charge in [0.1, 0.15) is 18.6 Å². The van der Waals surface area contributed by atoms with E-state index in [0.717, 1.165) is 6.20 Å². The van der Waals surface area contributed by atoms with Crippen molar-refractivity contribution in [1.82, 2.24) is 14.5 Å². The molecule has 0 aliphatic heterocycles. The third-order valence-electron chi connectivity index (χ3n) is 3.26. The number of pyridine rings is 1. The summed E-state index contributed by atoms with van der Waals surface area (Å²) in [5.74, 6) is -0.211. The van der Waals surface area contributed by atoms with E-state index in [4.69, 9.17) is 17.3 Å². The fourth-order valence-electron chi connectivity index (χ4n) is 2.29. The van der Waals surface area contributed by atoms with Crippen molar-refractivity contribution in [2.24, 2.45) is 5.73 Å². The molecule has 0 spiro atoms. The first-order valence-electron chi connectivity index (χ1n) is 6.50. The number of aromatic nitrogens is 3. The summed E-state index contributed by atoms with van der Waals surface area (Å²) in [6.07, 6.45) is 2.53. The molecule has 0 saturated heterocycles. The molecular formula is C14H10ClN5O3. The van der Waals surface area contributed by atoms with Gasteiger partial charge in [-0.25, -0.2) is 4.98 Å². The lowest BCUT2D eigenvalue weighted by Crippen LogP contribution is -2.19. The van der Waals surface area contributed by atoms with Crippen LogP contribution in [0.5, 0.6) is 0 Å². The minimum Gasteiger partial charge on any atom is -0.368 e. The summed E-state index contributed by atoms with van der Waals surface area (Å²) in [4.78, 5) is 30.1. The molecule has 9 heteroatoms. The van der Waals surface area contributed by atoms with Crippen LogP contribution >= 0.6 is 11.6 Å². The lowest BCUT2D eigenvalue weighted by Gasteiger charge is -2.06. The van der Waals surface area contributed by atoms with Crippen LogP contribution in [-0.2, 0) is 11.3 Å². The molecule has 1 amide bonds. The quantitative estimate of drug-likeness (QED) is 0.580. The largest absolute Gasteiger partial charge is 0.368 e. The lowest BCUT2D eigenvalue weighted by molar-refractivity contribution is -0.383. The Bertz CT molecular complexity index is 920. The molecule has 0 fully saturated rings. The highest BCUT2D eigenvalue weighted by atomic mass is 35.5. The van der Waals surface area contributed by atoms with Crippen LogP contribution in [0.1, 0.15) is 0 Å². The van der Waals surface area contributed by atoms with E-state index in [1.54, 1.807) is 24.3 Å². The fourth-order valence-corrected chi connectivity index (χ4v) is 2.42. The third-order valence-corrected chi connectivity index (χ3v) is 3.51. The van der Waals surface area contributed by atoms with Crippen LogP contribution < -0.4 is 5.73 Å². The van der Waals surface area contributed by atoms with Gasteiger partial charge in [-0.3, -0.25) is 19.9 Å². The second kappa shape index (κ2) is 5.65. The number of hydrogen-bond donors (Lipinski definition) is 1. The Morgan fingerprint density at radius 3 is 2.61 bits per heavy atom. The highest BCUT2D eigenvalue weighted by Gasteiger charge is 2.21. The zero-order valence-electron chi connectivity index (χ0n) is 11.6. The SMILES string of the molecule is NC(=O)Cn1c(-c2ccc(Cl)cc2)nc2c([N+](=O)[O-])cncc21. The van der Waals surface area contributed by atoms with E-state index in [0.29, 0.717) is 21.9 Å². The number of carbonyl (C=O) groups is 1. The van der Waals surface area contributed by atoms with Gasteiger partial charge in [-0.15, -0.1) is 0 Å². The first kappa shape index (κ1) is 14.9. The number of hydrogen-bond acceptors (Lipinski definition) is 5. The highest BCUT2D eigenvalue weighted by molar-refractivity contribution is 6.30. The zero-order chi connectivity index (χ0) is 16.6. The Balaban J connectivity index is 2.31. The van der Waals surface area contributed by atoms with Crippen LogP contribution in [0, 0.1) is 10.1 Å². The number of amides is 1. The van der Waals surface area contributed by atoms with Crippen molar-refractivity contribution in [3.8, 4) is 11.4 Å². The molecule has 0 radical (unpaired) electrons. The standard InChI is InChI=1S/C14H10ClN5O3/c15-9-3-1-8(2-4-9)14-18-13-10(19(14)7-12(16)21)5-17-6-11(13)20(22)23/h1-6H,7H2,(H2,16,21). The Morgan fingerprint density at radius 1 is 1.30 bits per heavy atom. The highest BCUT2D eigenvalue weighted by Crippen LogP contribution is 2.30. The van der Waals surface area contributed by atoms with Crippen molar-refractivity contribution in [3.05, 3.63) is 51.8 Å². The number of rotatable bonds is 4. The van der Waals surface area contributed by atoms with E-state index in [1.807, 2.05) is 0 Å². The molecular weight excluding hydrogens is 322 g/mol. The summed E-state index contributed by atoms with van der Waals surface area (Å²) < 4.78 is 1.50. The molecule has 1 aromatic carbocycles. The molecule has 0 saturated carbocycles. The van der Waals surface area contributed by atoms with Crippen LogP contribution in [-0.4, -0.2) is 25.4 Å². The van der Waals surface area contributed by atoms with Crippen LogP contribution in [0.25, 0.3) is 22.4 Å². The number of imidazole rings is 1. The molecule has 3 aromatic rings. The van der Waals surface area contributed by atoms with Gasteiger partial charge < -0.3 is 10.3 Å². The first-order valence-corrected chi connectivity index (χ1v) is 6.88. The van der Waals surface area contributed by atoms with Crippen LogP contribution in [0.2, 0.25) is 5.02 Å². The maximum absolute atomic E-state index is 11.4. The van der Waals surface area contributed by atoms with Crippen LogP contribution in [0.15, 0.2) is 36.7 Å². The van der Waals surface area contributed by atoms with Gasteiger partial charge in [0.05, 0.1) is 16.6 Å². The van der Waals surface area contributed by atoms with E-state index >= 15 is 0 Å². The molecule has 8 nitrogen and oxygen atoms in total. The molecule has 2 heterocycles. The fraction of sp³-hybridized carbons (Fsp3) is 0.0714. The van der Waals surface area contributed by atoms with Gasteiger partial charge >= 0.3 is 5.69 Å². The summed E-state index contributed by atoms with van der Waals surface area (Å²) in [6, 6.07) is 6.75. The number of fused-ring (bicyclic) bond motifs is 1. The minimum atomic E-state index is -0.592. The molecule has 0 atom stereocenters. The van der Waals surface area contributed by atoms with E-state index in [9.17, 15) is 14.9 Å². The predicted molar refractivity (Wildman–Crippen MR) is 83.8 cm³/mol. The lowest BCUT2D eigenvalue weighted by atomic mass is 10.2. The maximum atomic E-state index is 11.4. The van der Waals surface area contributed by atoms with Crippen LogP contribution in [0.4, 0.5) is 5.69 Å². The molecule has 0 aliphatic carbocycles. The van der Waals surface area contributed by atoms with E-state index in [2.05, 4.69) is 9.97 Å². The van der Waals surface area contributed by atoms with Crippen LogP contribution in [0.3, 0.4) is 0 Å². The molecule has 0 aliphatic rings. The third kappa shape index (κ3) is 2.71. The average molecular weight is 332 g/mol. The normalized spacial score (nSPS) is 10.8. The second-order valence-corrected chi connectivity index (χ2v) is 5.21. The smallest absolute Gasteiger partial charge is 0.315 e. The number of carbonyl (C=O) groups excluding carboxylic acids is 1. The summed E-state index contributed by atoms with van der Waals surface area (Å²) in [5.41, 5.74) is 6.21. The van der Waals surface area contributed by atoms with Gasteiger partial charge in [0.15, 0.2) is 5.52 Å². The van der Waals surface area contributed by atoms with Crippen molar-refractivity contribution >= 4 is 34.2 Å². The average Bonchev–Trinajstić information content (AvgIpc) is 2.86. The van der Waals surface area contributed by atoms with Gasteiger partial charge in [-0.05, 0) is 24.3 Å². The Labute approximate surface area is 134 Å². The predicted octanol–water partition coefficient (Wildman–Crippen LogP) is 2.15. The maximum Gasteiger partial charge on any atom is 0.315 e. The van der Waals surface area contributed by atoms with Crippen molar-refractivity contribution in [2.75, 3.05) is 0 Å². The summed E-state index contributed by atoms with van der Waals surface area (Å²) in [7, 11) is 0. The van der Waals surface area contributed by atoms with Crippen molar-refractivity contribution in [3.63, 3.8) is 0 Å². The number of nitrogens with zero attached hydrogens (tertiary/aromatic N) is 4. The van der Waals surface area contributed by atoms with Gasteiger partial charge in [0, 0.05) is 10.6 Å². The van der Waals surface area contributed by atoms with E-state index < -0.39 is 10.8 Å². The summed E-state index contributed by atoms with van der Waals surface area (Å²) in [5, 5.41) is 11.7. The van der Waals surface area contributed by atoms with Crippen molar-refractivity contribution in [1.29, 1.82) is 0 Å². The topological polar surface area (TPSA) is 117 Å². The minimum absolute atomic E-state index is 0.149. The van der Waals surface area contributed by atoms with E-state index in [-0.39, 0.29) is 17.7 Å². The van der Waals surface area contributed by atoms with Gasteiger partial charge in [-0.2, -0.15) is 0 Å². The molecule has 23 heavy (non-hydrogen) atoms. The Hall–Kier alpha value is -3.00. The number of benzene rings is 1. The molecule has 2 N–H and O–H groups in total. The van der Waals surface area contributed by atoms with E-state index in [1.165, 1.54) is 10.8 Å². The molecule has 2 aromatic heterocycles. The Morgan fingerprint density at radius 2 is 2.00 bits per heavy atom. The first-order chi connectivity index (χ1) is 11.0. The van der Waals surface area contributed by atoms with Crippen molar-refractivity contribution in [2.45, 2.75) is 6.54 Å². The molecule has 116 valence electrons. The number of primary amides is 1. The molecule has 0 unspecified atom stereocenters. The summed E-state index contributed by atoms with van der Waals surface area (Å²) >= 11 is 5.87. The summed E-state index contributed by atoms with van der Waals surface area (Å²) in [6.45, 7) is -0.169. The molecule has 3 rings (SSSR count). The Kier molecular flexibility index (Phi) is 3.67. The number of halogens is 1. The van der Waals surface area contributed by atoms with Gasteiger partial charge in [0.2, 0.25) is 5.91 Å². The van der Waals surface area contributed by atoms with Crippen molar-refractivity contribution < 1.29 is 9.72 Å².